The van der Waals surface area contributed by atoms with E-state index >= 15 is 0 Å². The van der Waals surface area contributed by atoms with E-state index in [2.05, 4.69) is 19.8 Å². The van der Waals surface area contributed by atoms with Crippen molar-refractivity contribution in [2.45, 2.75) is 98.3 Å². The van der Waals surface area contributed by atoms with E-state index < -0.39 is 27.7 Å². The molecule has 0 saturated carbocycles. The van der Waals surface area contributed by atoms with Crippen molar-refractivity contribution in [3.8, 4) is 11.5 Å². The van der Waals surface area contributed by atoms with Crippen LogP contribution in [0.25, 0.3) is 0 Å². The van der Waals surface area contributed by atoms with Crippen LogP contribution in [0.5, 0.6) is 11.5 Å². The van der Waals surface area contributed by atoms with Crippen LogP contribution in [0, 0.1) is 17.2 Å². The second-order valence-corrected chi connectivity index (χ2v) is 19.5. The number of amides is 2. The van der Waals surface area contributed by atoms with Crippen LogP contribution < -0.4 is 9.64 Å². The number of likely N-dealkylation sites (tertiary alicyclic amines) is 1. The smallest absolute Gasteiger partial charge is 0.410 e. The van der Waals surface area contributed by atoms with Crippen molar-refractivity contribution < 1.29 is 31.9 Å². The summed E-state index contributed by atoms with van der Waals surface area (Å²) in [7, 11) is -3.61. The van der Waals surface area contributed by atoms with Crippen LogP contribution in [-0.2, 0) is 14.9 Å². The van der Waals surface area contributed by atoms with E-state index in [9.17, 15) is 22.4 Å². The van der Waals surface area contributed by atoms with Gasteiger partial charge in [-0.15, -0.1) is 0 Å². The molecule has 6 rings (SSSR count). The topological polar surface area (TPSA) is 132 Å². The van der Waals surface area contributed by atoms with E-state index in [0.717, 1.165) is 58.4 Å². The molecule has 4 aliphatic heterocycles. The Bertz CT molecular complexity index is 1790. The highest BCUT2D eigenvalue weighted by atomic mass is 32.2. The molecule has 4 saturated heterocycles. The van der Waals surface area contributed by atoms with Crippen molar-refractivity contribution in [1.29, 1.82) is 0 Å². The highest BCUT2D eigenvalue weighted by molar-refractivity contribution is 7.86. The van der Waals surface area contributed by atoms with Crippen LogP contribution >= 0.6 is 0 Å². The molecule has 4 fully saturated rings. The zero-order chi connectivity index (χ0) is 40.4. The molecule has 2 amide bonds. The van der Waals surface area contributed by atoms with Gasteiger partial charge in [0.15, 0.2) is 11.6 Å². The summed E-state index contributed by atoms with van der Waals surface area (Å²) >= 11 is 0. The van der Waals surface area contributed by atoms with Crippen molar-refractivity contribution in [2.24, 2.45) is 11.3 Å². The lowest BCUT2D eigenvalue weighted by molar-refractivity contribution is 0.0259. The molecule has 0 N–H and O–H groups in total. The number of rotatable bonds is 10. The first-order chi connectivity index (χ1) is 26.4. The number of anilines is 1. The van der Waals surface area contributed by atoms with Crippen molar-refractivity contribution in [3.05, 3.63) is 42.1 Å². The molecule has 0 aliphatic carbocycles. The molecule has 310 valence electrons. The van der Waals surface area contributed by atoms with Crippen LogP contribution in [-0.4, -0.2) is 143 Å². The van der Waals surface area contributed by atoms with E-state index in [1.165, 1.54) is 28.8 Å². The van der Waals surface area contributed by atoms with Crippen LogP contribution in [0.2, 0.25) is 0 Å². The molecule has 0 atom stereocenters. The lowest BCUT2D eigenvalue weighted by Crippen LogP contribution is -2.61. The molecular formula is C40H61FN8O6S. The Kier molecular flexibility index (Phi) is 12.8. The summed E-state index contributed by atoms with van der Waals surface area (Å²) in [6.45, 7) is 20.3. The van der Waals surface area contributed by atoms with Crippen LogP contribution in [0.1, 0.15) is 90.9 Å². The number of nitrogens with zero attached hydrogens (tertiary/aromatic N) is 8. The summed E-state index contributed by atoms with van der Waals surface area (Å²) in [4.78, 5) is 43.0. The van der Waals surface area contributed by atoms with E-state index in [1.54, 1.807) is 20.3 Å². The summed E-state index contributed by atoms with van der Waals surface area (Å²) in [6.07, 6.45) is 7.06. The average Bonchev–Trinajstić information content (AvgIpc) is 3.39. The minimum atomic E-state index is -3.61. The van der Waals surface area contributed by atoms with Gasteiger partial charge < -0.3 is 29.1 Å². The van der Waals surface area contributed by atoms with Crippen molar-refractivity contribution in [2.75, 3.05) is 76.9 Å². The summed E-state index contributed by atoms with van der Waals surface area (Å²) in [5.74, 6) is 0.980. The maximum absolute atomic E-state index is 14.4. The quantitative estimate of drug-likeness (QED) is 0.305. The van der Waals surface area contributed by atoms with Gasteiger partial charge >= 0.3 is 6.09 Å². The van der Waals surface area contributed by atoms with Crippen LogP contribution in [0.15, 0.2) is 30.7 Å². The molecule has 4 aliphatic rings. The number of ether oxygens (including phenoxy) is 2. The maximum Gasteiger partial charge on any atom is 0.410 e. The minimum absolute atomic E-state index is 0.0767. The largest absolute Gasteiger partial charge is 0.451 e. The Morgan fingerprint density at radius 1 is 0.929 bits per heavy atom. The molecule has 14 nitrogen and oxygen atoms in total. The molecule has 0 unspecified atom stereocenters. The molecule has 56 heavy (non-hydrogen) atoms. The summed E-state index contributed by atoms with van der Waals surface area (Å²) in [5, 5.41) is 0. The third-order valence-electron chi connectivity index (χ3n) is 11.5. The van der Waals surface area contributed by atoms with Gasteiger partial charge in [0.05, 0.1) is 11.8 Å². The van der Waals surface area contributed by atoms with Crippen LogP contribution in [0.3, 0.4) is 0 Å². The first kappa shape index (κ1) is 42.0. The van der Waals surface area contributed by atoms with E-state index in [0.29, 0.717) is 56.6 Å². The number of carbonyl (C=O) groups excluding carboxylic acids is 2. The van der Waals surface area contributed by atoms with Crippen molar-refractivity contribution >= 4 is 28.0 Å². The fourth-order valence-electron chi connectivity index (χ4n) is 8.63. The van der Waals surface area contributed by atoms with Gasteiger partial charge in [-0.2, -0.15) is 17.0 Å². The van der Waals surface area contributed by atoms with E-state index in [-0.39, 0.29) is 41.3 Å². The third-order valence-corrected chi connectivity index (χ3v) is 13.6. The predicted octanol–water partition coefficient (Wildman–Crippen LogP) is 5.47. The monoisotopic (exact) mass is 800 g/mol. The Balaban J connectivity index is 0.977. The first-order valence-electron chi connectivity index (χ1n) is 20.3. The summed E-state index contributed by atoms with van der Waals surface area (Å²) in [5.41, 5.74) is -0.262. The summed E-state index contributed by atoms with van der Waals surface area (Å²) < 4.78 is 56.7. The zero-order valence-electron chi connectivity index (χ0n) is 34.2. The molecule has 2 aromatic rings. The molecule has 1 aromatic carbocycles. The standard InChI is InChI=1S/C40H61FN8O6S/c1-29(2)49(30(3)4)37(50)33-23-32(41)9-10-34(33)54-35-24-42-28-43-36(35)46-26-40(27-46)13-19-44(20-14-40)25-31-11-17-48(18-12-31)56(52,53)47-16-8-15-45(21-22-47)38(51)55-39(5,6)7/h9-10,23-24,28-31H,8,11-22,25-27H2,1-7H3. The number of hydrogen-bond acceptors (Lipinski definition) is 10. The third kappa shape index (κ3) is 9.74. The predicted molar refractivity (Wildman–Crippen MR) is 212 cm³/mol. The molecule has 1 spiro atoms. The Labute approximate surface area is 332 Å². The van der Waals surface area contributed by atoms with E-state index in [4.69, 9.17) is 9.47 Å². The Morgan fingerprint density at radius 2 is 1.59 bits per heavy atom. The molecule has 16 heteroatoms. The lowest BCUT2D eigenvalue weighted by atomic mass is 9.72. The maximum atomic E-state index is 14.4. The van der Waals surface area contributed by atoms with Gasteiger partial charge in [0, 0.05) is 76.4 Å². The van der Waals surface area contributed by atoms with Crippen molar-refractivity contribution in [1.82, 2.24) is 33.3 Å². The number of halogens is 1. The van der Waals surface area contributed by atoms with Gasteiger partial charge in [0.1, 0.15) is 23.5 Å². The number of aromatic nitrogens is 2. The highest BCUT2D eigenvalue weighted by Crippen LogP contribution is 2.45. The van der Waals surface area contributed by atoms with E-state index in [1.807, 2.05) is 48.5 Å². The number of carbonyl (C=O) groups is 2. The normalized spacial score (nSPS) is 20.6. The summed E-state index contributed by atoms with van der Waals surface area (Å²) in [6, 6.07) is 3.87. The van der Waals surface area contributed by atoms with Gasteiger partial charge in [0.25, 0.3) is 16.1 Å². The second-order valence-electron chi connectivity index (χ2n) is 17.6. The molecule has 0 radical (unpaired) electrons. The first-order valence-corrected chi connectivity index (χ1v) is 21.6. The van der Waals surface area contributed by atoms with Gasteiger partial charge in [-0.3, -0.25) is 4.79 Å². The fraction of sp³-hybridized carbons (Fsp3) is 0.700. The molecule has 0 bridgehead atoms. The van der Waals surface area contributed by atoms with Gasteiger partial charge in [-0.1, -0.05) is 0 Å². The van der Waals surface area contributed by atoms with Crippen LogP contribution in [0.4, 0.5) is 15.0 Å². The number of hydrogen-bond donors (Lipinski definition) is 0. The SMILES string of the molecule is CC(C)N(C(=O)c1cc(F)ccc1Oc1cncnc1N1CC2(CCN(CC3CCN(S(=O)(=O)N4CCCN(C(=O)OC(C)(C)C)CC4)CC3)CC2)C1)C(C)C. The molecule has 1 aromatic heterocycles. The fourth-order valence-corrected chi connectivity index (χ4v) is 10.3. The highest BCUT2D eigenvalue weighted by Gasteiger charge is 2.46. The number of benzene rings is 1. The minimum Gasteiger partial charge on any atom is -0.451 e. The second kappa shape index (κ2) is 17.1. The van der Waals surface area contributed by atoms with Gasteiger partial charge in [0.2, 0.25) is 0 Å². The Hall–Kier alpha value is -3.60. The number of piperidine rings is 2. The molecule has 5 heterocycles. The van der Waals surface area contributed by atoms with Gasteiger partial charge in [-0.05, 0) is 118 Å². The van der Waals surface area contributed by atoms with Crippen molar-refractivity contribution in [3.63, 3.8) is 0 Å². The Morgan fingerprint density at radius 3 is 2.23 bits per heavy atom. The molecular weight excluding hydrogens is 740 g/mol. The lowest BCUT2D eigenvalue weighted by Gasteiger charge is -2.54. The average molecular weight is 801 g/mol. The van der Waals surface area contributed by atoms with Gasteiger partial charge in [-0.25, -0.2) is 19.2 Å². The zero-order valence-corrected chi connectivity index (χ0v) is 35.1.